The van der Waals surface area contributed by atoms with Crippen molar-refractivity contribution < 1.29 is 14.3 Å². The van der Waals surface area contributed by atoms with Crippen LogP contribution in [0.5, 0.6) is 0 Å². The smallest absolute Gasteiger partial charge is 0.334 e. The summed E-state index contributed by atoms with van der Waals surface area (Å²) >= 11 is 0. The zero-order valence-electron chi connectivity index (χ0n) is 11.1. The molecule has 0 aromatic carbocycles. The van der Waals surface area contributed by atoms with Gasteiger partial charge in [0.1, 0.15) is 12.2 Å². The molecule has 18 heavy (non-hydrogen) atoms. The molecule has 3 heteroatoms. The molecule has 2 aliphatic heterocycles. The van der Waals surface area contributed by atoms with E-state index in [2.05, 4.69) is 26.5 Å². The molecule has 1 unspecified atom stereocenters. The fraction of sp³-hybridized carbons (Fsp3) is 0.667. The summed E-state index contributed by atoms with van der Waals surface area (Å²) in [6.07, 6.45) is 6.25. The van der Waals surface area contributed by atoms with Gasteiger partial charge in [0.15, 0.2) is 0 Å². The predicted octanol–water partition coefficient (Wildman–Crippen LogP) is 2.76. The van der Waals surface area contributed by atoms with Gasteiger partial charge in [-0.25, -0.2) is 4.79 Å². The Hall–Kier alpha value is -1.09. The molecule has 0 aromatic rings. The summed E-state index contributed by atoms with van der Waals surface area (Å²) in [6, 6.07) is 0. The number of carbonyl (C=O) groups excluding carboxylic acids is 1. The van der Waals surface area contributed by atoms with Crippen molar-refractivity contribution in [3.8, 4) is 0 Å². The third-order valence-electron chi connectivity index (χ3n) is 4.57. The summed E-state index contributed by atoms with van der Waals surface area (Å²) in [4.78, 5) is 11.7. The average Bonchev–Trinajstić information content (AvgIpc) is 2.90. The molecule has 2 saturated heterocycles. The minimum Gasteiger partial charge on any atom is -0.455 e. The van der Waals surface area contributed by atoms with Gasteiger partial charge in [-0.15, -0.1) is 0 Å². The van der Waals surface area contributed by atoms with Crippen LogP contribution in [0, 0.1) is 5.92 Å². The maximum Gasteiger partial charge on any atom is 0.334 e. The third-order valence-corrected chi connectivity index (χ3v) is 4.57. The van der Waals surface area contributed by atoms with Gasteiger partial charge in [0.05, 0.1) is 5.60 Å². The van der Waals surface area contributed by atoms with Crippen molar-refractivity contribution >= 4 is 5.97 Å². The van der Waals surface area contributed by atoms with Gasteiger partial charge in [0.2, 0.25) is 0 Å². The third kappa shape index (κ3) is 1.81. The molecule has 0 N–H and O–H groups in total. The standard InChI is InChI=1S/C15H20O3/c1-9-5-4-8-15(3)13(18-15)12-11(7-6-9)10(2)14(16)17-12/h5,11-13H,2,4,6-8H2,1,3H3/b9-5-/t11-,12?,13-,15+/m0/s1. The van der Waals surface area contributed by atoms with Crippen molar-refractivity contribution in [2.75, 3.05) is 0 Å². The van der Waals surface area contributed by atoms with Gasteiger partial charge < -0.3 is 9.47 Å². The molecule has 0 bridgehead atoms. The van der Waals surface area contributed by atoms with Gasteiger partial charge in [0.25, 0.3) is 0 Å². The van der Waals surface area contributed by atoms with Crippen LogP contribution in [0.15, 0.2) is 23.8 Å². The summed E-state index contributed by atoms with van der Waals surface area (Å²) < 4.78 is 11.3. The Labute approximate surface area is 108 Å². The number of epoxide rings is 1. The monoisotopic (exact) mass is 248 g/mol. The lowest BCUT2D eigenvalue weighted by atomic mass is 9.84. The Morgan fingerprint density at radius 1 is 1.50 bits per heavy atom. The highest BCUT2D eigenvalue weighted by Gasteiger charge is 2.61. The second-order valence-corrected chi connectivity index (χ2v) is 5.98. The summed E-state index contributed by atoms with van der Waals surface area (Å²) in [5.74, 6) is -0.102. The SMILES string of the molecule is C=C1C(=O)OC2[C@H]1CC/C(C)=C\CC[C@@]1(C)O[C@@H]21. The average molecular weight is 248 g/mol. The minimum absolute atomic E-state index is 0.0671. The highest BCUT2D eigenvalue weighted by atomic mass is 16.6. The van der Waals surface area contributed by atoms with Crippen molar-refractivity contribution in [3.63, 3.8) is 0 Å². The zero-order valence-corrected chi connectivity index (χ0v) is 11.1. The lowest BCUT2D eigenvalue weighted by molar-refractivity contribution is -0.140. The highest BCUT2D eigenvalue weighted by molar-refractivity contribution is 5.91. The molecule has 98 valence electrons. The molecule has 2 heterocycles. The Morgan fingerprint density at radius 3 is 3.06 bits per heavy atom. The second-order valence-electron chi connectivity index (χ2n) is 5.98. The van der Waals surface area contributed by atoms with E-state index in [4.69, 9.17) is 9.47 Å². The number of esters is 1. The number of fused-ring (bicyclic) bond motifs is 3. The molecule has 2 fully saturated rings. The van der Waals surface area contributed by atoms with Gasteiger partial charge in [0, 0.05) is 11.5 Å². The van der Waals surface area contributed by atoms with E-state index in [0.29, 0.717) is 5.57 Å². The number of allylic oxidation sites excluding steroid dienone is 2. The van der Waals surface area contributed by atoms with Crippen molar-refractivity contribution in [2.24, 2.45) is 5.92 Å². The van der Waals surface area contributed by atoms with Crippen molar-refractivity contribution in [1.82, 2.24) is 0 Å². The van der Waals surface area contributed by atoms with E-state index in [-0.39, 0.29) is 29.7 Å². The van der Waals surface area contributed by atoms with Gasteiger partial charge in [-0.1, -0.05) is 18.2 Å². The van der Waals surface area contributed by atoms with E-state index >= 15 is 0 Å². The van der Waals surface area contributed by atoms with Crippen LogP contribution in [0.25, 0.3) is 0 Å². The van der Waals surface area contributed by atoms with Crippen LogP contribution >= 0.6 is 0 Å². The lowest BCUT2D eigenvalue weighted by Crippen LogP contribution is -2.28. The number of rotatable bonds is 0. The summed E-state index contributed by atoms with van der Waals surface area (Å²) in [6.45, 7) is 8.17. The predicted molar refractivity (Wildman–Crippen MR) is 68.0 cm³/mol. The topological polar surface area (TPSA) is 38.8 Å². The lowest BCUT2D eigenvalue weighted by Gasteiger charge is -2.19. The van der Waals surface area contributed by atoms with E-state index in [1.165, 1.54) is 5.57 Å². The largest absolute Gasteiger partial charge is 0.455 e. The van der Waals surface area contributed by atoms with Crippen LogP contribution in [-0.4, -0.2) is 23.8 Å². The molecule has 0 amide bonds. The minimum atomic E-state index is -0.233. The van der Waals surface area contributed by atoms with E-state index in [1.54, 1.807) is 0 Å². The van der Waals surface area contributed by atoms with Crippen molar-refractivity contribution in [3.05, 3.63) is 23.8 Å². The molecule has 3 rings (SSSR count). The Bertz CT molecular complexity index is 437. The van der Waals surface area contributed by atoms with Gasteiger partial charge in [-0.05, 0) is 39.5 Å². The molecule has 0 saturated carbocycles. The summed E-state index contributed by atoms with van der Waals surface area (Å²) in [7, 11) is 0. The number of ether oxygens (including phenoxy) is 2. The summed E-state index contributed by atoms with van der Waals surface area (Å²) in [5, 5.41) is 0. The van der Waals surface area contributed by atoms with E-state index < -0.39 is 0 Å². The van der Waals surface area contributed by atoms with Crippen molar-refractivity contribution in [2.45, 2.75) is 57.3 Å². The number of carbonyl (C=O) groups is 1. The van der Waals surface area contributed by atoms with E-state index in [1.807, 2.05) is 0 Å². The molecule has 0 spiro atoms. The summed E-state index contributed by atoms with van der Waals surface area (Å²) in [5.41, 5.74) is 1.91. The fourth-order valence-electron chi connectivity index (χ4n) is 3.20. The fourth-order valence-corrected chi connectivity index (χ4v) is 3.20. The van der Waals surface area contributed by atoms with Crippen LogP contribution in [0.3, 0.4) is 0 Å². The van der Waals surface area contributed by atoms with Gasteiger partial charge >= 0.3 is 5.97 Å². The molecule has 3 aliphatic rings. The van der Waals surface area contributed by atoms with E-state index in [0.717, 1.165) is 25.7 Å². The maximum atomic E-state index is 11.7. The first-order chi connectivity index (χ1) is 8.51. The molecular weight excluding hydrogens is 228 g/mol. The molecule has 0 aromatic heterocycles. The Balaban J connectivity index is 1.87. The van der Waals surface area contributed by atoms with E-state index in [9.17, 15) is 4.79 Å². The van der Waals surface area contributed by atoms with Crippen LogP contribution in [-0.2, 0) is 14.3 Å². The van der Waals surface area contributed by atoms with Crippen molar-refractivity contribution in [1.29, 1.82) is 0 Å². The first-order valence-corrected chi connectivity index (χ1v) is 6.74. The first kappa shape index (κ1) is 12.0. The van der Waals surface area contributed by atoms with Gasteiger partial charge in [-0.3, -0.25) is 0 Å². The second kappa shape index (κ2) is 3.95. The van der Waals surface area contributed by atoms with Gasteiger partial charge in [-0.2, -0.15) is 0 Å². The normalized spacial score (nSPS) is 46.6. The maximum absolute atomic E-state index is 11.7. The Kier molecular flexibility index (Phi) is 2.63. The molecular formula is C15H20O3. The highest BCUT2D eigenvalue weighted by Crippen LogP contribution is 2.49. The molecule has 4 atom stereocenters. The molecule has 0 radical (unpaired) electrons. The Morgan fingerprint density at radius 2 is 2.28 bits per heavy atom. The molecule has 1 aliphatic carbocycles. The molecule has 3 nitrogen and oxygen atoms in total. The first-order valence-electron chi connectivity index (χ1n) is 6.74. The van der Waals surface area contributed by atoms with Crippen LogP contribution < -0.4 is 0 Å². The number of hydrogen-bond acceptors (Lipinski definition) is 3. The number of hydrogen-bond donors (Lipinski definition) is 0. The quantitative estimate of drug-likeness (QED) is 0.286. The zero-order chi connectivity index (χ0) is 12.9. The van der Waals surface area contributed by atoms with Crippen LogP contribution in [0.2, 0.25) is 0 Å². The van der Waals surface area contributed by atoms with Crippen LogP contribution in [0.1, 0.15) is 39.5 Å². The van der Waals surface area contributed by atoms with Crippen LogP contribution in [0.4, 0.5) is 0 Å².